The number of hydrogen-bond acceptors (Lipinski definition) is 5. The van der Waals surface area contributed by atoms with Crippen molar-refractivity contribution in [1.29, 1.82) is 0 Å². The van der Waals surface area contributed by atoms with Crippen molar-refractivity contribution in [3.8, 4) is 0 Å². The molecule has 0 aromatic carbocycles. The third kappa shape index (κ3) is 4.39. The van der Waals surface area contributed by atoms with Crippen LogP contribution in [0.5, 0.6) is 0 Å². The number of ketones is 1. The first-order chi connectivity index (χ1) is 11.5. The number of likely N-dealkylation sites (tertiary alicyclic amines) is 1. The minimum Gasteiger partial charge on any atom is -0.444 e. The van der Waals surface area contributed by atoms with Crippen LogP contribution in [0.25, 0.3) is 0 Å². The van der Waals surface area contributed by atoms with E-state index in [9.17, 15) is 14.4 Å². The van der Waals surface area contributed by atoms with Crippen molar-refractivity contribution in [2.45, 2.75) is 52.7 Å². The molecule has 25 heavy (non-hydrogen) atoms. The fraction of sp³-hybridized carbons (Fsp3) is 0.647. The van der Waals surface area contributed by atoms with Crippen LogP contribution in [0.3, 0.4) is 0 Å². The predicted molar refractivity (Wildman–Crippen MR) is 93.3 cm³/mol. The van der Waals surface area contributed by atoms with E-state index in [1.807, 2.05) is 34.6 Å². The molecule has 0 radical (unpaired) electrons. The molecule has 1 fully saturated rings. The first-order valence-electron chi connectivity index (χ1n) is 8.27. The fourth-order valence-corrected chi connectivity index (χ4v) is 3.09. The summed E-state index contributed by atoms with van der Waals surface area (Å²) in [5.74, 6) is 0.0201. The van der Waals surface area contributed by atoms with Crippen LogP contribution in [0, 0.1) is 5.92 Å². The van der Waals surface area contributed by atoms with E-state index in [0.29, 0.717) is 19.4 Å². The molecule has 0 atom stereocenters. The highest BCUT2D eigenvalue weighted by Gasteiger charge is 2.36. The van der Waals surface area contributed by atoms with Crippen LogP contribution in [0.2, 0.25) is 5.15 Å². The number of hydrogen-bond donors (Lipinski definition) is 0. The van der Waals surface area contributed by atoms with Gasteiger partial charge in [-0.3, -0.25) is 9.59 Å². The zero-order valence-electron chi connectivity index (χ0n) is 15.2. The Balaban J connectivity index is 2.00. The maximum atomic E-state index is 12.6. The number of ether oxygens (including phenoxy) is 1. The molecule has 2 heterocycles. The van der Waals surface area contributed by atoms with Gasteiger partial charge in [0.05, 0.1) is 0 Å². The molecule has 1 aromatic heterocycles. The second-order valence-electron chi connectivity index (χ2n) is 7.57. The van der Waals surface area contributed by atoms with Gasteiger partial charge in [-0.05, 0) is 34.6 Å². The van der Waals surface area contributed by atoms with Gasteiger partial charge in [-0.15, -0.1) is 0 Å². The normalized spacial score (nSPS) is 15.2. The van der Waals surface area contributed by atoms with E-state index >= 15 is 0 Å². The van der Waals surface area contributed by atoms with E-state index in [2.05, 4.69) is 4.98 Å². The van der Waals surface area contributed by atoms with Crippen LogP contribution in [0.4, 0.5) is 4.79 Å². The fourth-order valence-electron chi connectivity index (χ4n) is 2.81. The number of nitrogens with zero attached hydrogens (tertiary/aromatic N) is 3. The van der Waals surface area contributed by atoms with Gasteiger partial charge in [-0.25, -0.2) is 9.78 Å². The molecule has 1 amide bonds. The second kappa shape index (κ2) is 7.15. The smallest absolute Gasteiger partial charge is 0.410 e. The summed E-state index contributed by atoms with van der Waals surface area (Å²) in [6.45, 7) is 10.1. The molecule has 0 N–H and O–H groups in total. The number of aromatic nitrogens is 2. The molecule has 0 saturated carbocycles. The zero-order chi connectivity index (χ0) is 18.9. The number of rotatable bonds is 5. The highest BCUT2D eigenvalue weighted by atomic mass is 35.5. The van der Waals surface area contributed by atoms with Crippen molar-refractivity contribution in [1.82, 2.24) is 14.5 Å². The Bertz CT molecular complexity index is 685. The quantitative estimate of drug-likeness (QED) is 0.587. The van der Waals surface area contributed by atoms with E-state index in [-0.39, 0.29) is 46.9 Å². The van der Waals surface area contributed by atoms with E-state index in [1.54, 1.807) is 9.47 Å². The van der Waals surface area contributed by atoms with Crippen LogP contribution in [0.15, 0.2) is 0 Å². The van der Waals surface area contributed by atoms with E-state index < -0.39 is 5.60 Å². The average molecular weight is 370 g/mol. The van der Waals surface area contributed by atoms with Gasteiger partial charge in [0.15, 0.2) is 23.0 Å². The highest BCUT2D eigenvalue weighted by molar-refractivity contribution is 6.32. The summed E-state index contributed by atoms with van der Waals surface area (Å²) in [6, 6.07) is -0.112. The Morgan fingerprint density at radius 1 is 1.36 bits per heavy atom. The van der Waals surface area contributed by atoms with Crippen molar-refractivity contribution in [3.05, 3.63) is 16.7 Å². The summed E-state index contributed by atoms with van der Waals surface area (Å²) in [5, 5.41) is 0.0455. The highest BCUT2D eigenvalue weighted by Crippen LogP contribution is 2.27. The zero-order valence-corrected chi connectivity index (χ0v) is 16.0. The lowest BCUT2D eigenvalue weighted by Gasteiger charge is -2.39. The van der Waals surface area contributed by atoms with Crippen molar-refractivity contribution >= 4 is 29.8 Å². The molecule has 0 unspecified atom stereocenters. The van der Waals surface area contributed by atoms with Gasteiger partial charge in [-0.2, -0.15) is 0 Å². The number of imidazole rings is 1. The van der Waals surface area contributed by atoms with Gasteiger partial charge >= 0.3 is 6.09 Å². The summed E-state index contributed by atoms with van der Waals surface area (Å²) >= 11 is 6.07. The topological polar surface area (TPSA) is 81.5 Å². The molecule has 1 saturated heterocycles. The molecule has 138 valence electrons. The molecular weight excluding hydrogens is 346 g/mol. The standard InChI is InChI=1S/C17H24ClN3O4/c1-10(2)21-13(9-22)19-15(18)14(21)12(23)6-11-7-20(8-11)16(24)25-17(3,4)5/h9-11H,6-8H2,1-5H3. The number of carbonyl (C=O) groups excluding carboxylic acids is 3. The summed E-state index contributed by atoms with van der Waals surface area (Å²) in [4.78, 5) is 41.2. The number of carbonyl (C=O) groups is 3. The molecule has 0 aliphatic carbocycles. The third-order valence-electron chi connectivity index (χ3n) is 3.86. The van der Waals surface area contributed by atoms with Crippen LogP contribution < -0.4 is 0 Å². The lowest BCUT2D eigenvalue weighted by molar-refractivity contribution is -0.00177. The Hall–Kier alpha value is -1.89. The van der Waals surface area contributed by atoms with Gasteiger partial charge in [0, 0.05) is 31.5 Å². The number of halogens is 1. The lowest BCUT2D eigenvalue weighted by atomic mass is 9.93. The van der Waals surface area contributed by atoms with Gasteiger partial charge in [0.2, 0.25) is 0 Å². The van der Waals surface area contributed by atoms with Crippen molar-refractivity contribution < 1.29 is 19.1 Å². The molecule has 7 nitrogen and oxygen atoms in total. The maximum Gasteiger partial charge on any atom is 0.410 e. The number of aldehydes is 1. The molecule has 1 aromatic rings. The predicted octanol–water partition coefficient (Wildman–Crippen LogP) is 3.37. The maximum absolute atomic E-state index is 12.6. The van der Waals surface area contributed by atoms with Crippen LogP contribution in [-0.2, 0) is 4.74 Å². The van der Waals surface area contributed by atoms with Crippen LogP contribution >= 0.6 is 11.6 Å². The number of Topliss-reactive ketones (excluding diaryl/α,β-unsaturated/α-hetero) is 1. The van der Waals surface area contributed by atoms with Crippen molar-refractivity contribution in [2.75, 3.05) is 13.1 Å². The number of amides is 1. The Labute approximate surface area is 152 Å². The Morgan fingerprint density at radius 2 is 1.96 bits per heavy atom. The molecule has 1 aliphatic rings. The van der Waals surface area contributed by atoms with Gasteiger partial charge < -0.3 is 14.2 Å². The largest absolute Gasteiger partial charge is 0.444 e. The van der Waals surface area contributed by atoms with E-state index in [4.69, 9.17) is 16.3 Å². The van der Waals surface area contributed by atoms with Gasteiger partial charge in [0.1, 0.15) is 11.3 Å². The summed E-state index contributed by atoms with van der Waals surface area (Å²) < 4.78 is 6.85. The second-order valence-corrected chi connectivity index (χ2v) is 7.93. The van der Waals surface area contributed by atoms with Gasteiger partial charge in [-0.1, -0.05) is 11.6 Å². The molecular formula is C17H24ClN3O4. The molecule has 8 heteroatoms. The molecule has 0 bridgehead atoms. The van der Waals surface area contributed by atoms with Crippen LogP contribution in [-0.4, -0.2) is 51.3 Å². The Morgan fingerprint density at radius 3 is 2.44 bits per heavy atom. The monoisotopic (exact) mass is 369 g/mol. The molecule has 1 aliphatic heterocycles. The SMILES string of the molecule is CC(C)n1c(C=O)nc(Cl)c1C(=O)CC1CN(C(=O)OC(C)(C)C)C1. The van der Waals surface area contributed by atoms with E-state index in [1.165, 1.54) is 0 Å². The Kier molecular flexibility index (Phi) is 5.56. The first kappa shape index (κ1) is 19.4. The van der Waals surface area contributed by atoms with Crippen molar-refractivity contribution in [3.63, 3.8) is 0 Å². The third-order valence-corrected chi connectivity index (χ3v) is 4.13. The van der Waals surface area contributed by atoms with Gasteiger partial charge in [0.25, 0.3) is 0 Å². The van der Waals surface area contributed by atoms with E-state index in [0.717, 1.165) is 0 Å². The summed E-state index contributed by atoms with van der Waals surface area (Å²) in [6.07, 6.45) is 0.469. The molecule has 0 spiro atoms. The average Bonchev–Trinajstić information content (AvgIpc) is 2.76. The minimum absolute atomic E-state index is 0.0455. The van der Waals surface area contributed by atoms with Crippen LogP contribution in [0.1, 0.15) is 68.2 Å². The summed E-state index contributed by atoms with van der Waals surface area (Å²) in [5.41, 5.74) is -0.282. The van der Waals surface area contributed by atoms with Crippen molar-refractivity contribution in [2.24, 2.45) is 5.92 Å². The summed E-state index contributed by atoms with van der Waals surface area (Å²) in [7, 11) is 0. The minimum atomic E-state index is -0.541. The molecule has 2 rings (SSSR count). The lowest BCUT2D eigenvalue weighted by Crippen LogP contribution is -2.52. The first-order valence-corrected chi connectivity index (χ1v) is 8.65.